The summed E-state index contributed by atoms with van der Waals surface area (Å²) in [5, 5.41) is 18.3. The van der Waals surface area contributed by atoms with E-state index in [1.54, 1.807) is 0 Å². The van der Waals surface area contributed by atoms with Gasteiger partial charge >= 0.3 is 5.97 Å². The molecule has 0 heterocycles. The van der Waals surface area contributed by atoms with Crippen LogP contribution in [0.5, 0.6) is 0 Å². The van der Waals surface area contributed by atoms with Crippen LogP contribution in [0.2, 0.25) is 0 Å². The molecule has 0 saturated carbocycles. The Morgan fingerprint density at radius 2 is 1.93 bits per heavy atom. The molecule has 0 bridgehead atoms. The van der Waals surface area contributed by atoms with Crippen LogP contribution in [0.3, 0.4) is 0 Å². The lowest BCUT2D eigenvalue weighted by atomic mass is 9.93. The van der Waals surface area contributed by atoms with Gasteiger partial charge in [-0.05, 0) is 24.6 Å². The number of halogens is 1. The summed E-state index contributed by atoms with van der Waals surface area (Å²) < 4.78 is 12.6. The van der Waals surface area contributed by atoms with Crippen molar-refractivity contribution < 1.29 is 19.4 Å². The van der Waals surface area contributed by atoms with Crippen LogP contribution in [0, 0.1) is 5.82 Å². The van der Waals surface area contributed by atoms with E-state index in [1.807, 2.05) is 0 Å². The fourth-order valence-corrected chi connectivity index (χ4v) is 1.43. The van der Waals surface area contributed by atoms with Gasteiger partial charge in [0.05, 0.1) is 12.0 Å². The summed E-state index contributed by atoms with van der Waals surface area (Å²) in [6.07, 6.45) is -0.135. The van der Waals surface area contributed by atoms with Gasteiger partial charge in [0.25, 0.3) is 0 Å². The van der Waals surface area contributed by atoms with E-state index in [0.717, 1.165) is 0 Å². The highest BCUT2D eigenvalue weighted by atomic mass is 19.1. The number of aliphatic hydroxyl groups is 1. The SMILES string of the molecule is CC(O)(CC(=O)O)Cc1ccc(F)cc1. The van der Waals surface area contributed by atoms with Crippen molar-refractivity contribution >= 4 is 5.97 Å². The fraction of sp³-hybridized carbons (Fsp3) is 0.364. The summed E-state index contributed by atoms with van der Waals surface area (Å²) in [5.74, 6) is -1.40. The lowest BCUT2D eigenvalue weighted by Gasteiger charge is -2.20. The Labute approximate surface area is 87.2 Å². The number of rotatable bonds is 4. The molecular formula is C11H13FO3. The Hall–Kier alpha value is -1.42. The highest BCUT2D eigenvalue weighted by Crippen LogP contribution is 2.17. The smallest absolute Gasteiger partial charge is 0.306 e. The van der Waals surface area contributed by atoms with Gasteiger partial charge in [-0.25, -0.2) is 4.39 Å². The molecule has 0 saturated heterocycles. The van der Waals surface area contributed by atoms with E-state index in [0.29, 0.717) is 5.56 Å². The third-order valence-electron chi connectivity index (χ3n) is 2.03. The Morgan fingerprint density at radius 3 is 2.40 bits per heavy atom. The van der Waals surface area contributed by atoms with Crippen LogP contribution >= 0.6 is 0 Å². The molecule has 1 unspecified atom stereocenters. The maximum atomic E-state index is 12.6. The maximum Gasteiger partial charge on any atom is 0.306 e. The summed E-state index contributed by atoms with van der Waals surface area (Å²) in [5.41, 5.74) is -0.591. The molecule has 82 valence electrons. The summed E-state index contributed by atoms with van der Waals surface area (Å²) in [7, 11) is 0. The molecule has 4 heteroatoms. The summed E-state index contributed by atoms with van der Waals surface area (Å²) in [6, 6.07) is 5.63. The third kappa shape index (κ3) is 4.08. The molecule has 1 aromatic rings. The zero-order valence-electron chi connectivity index (χ0n) is 8.40. The van der Waals surface area contributed by atoms with Crippen molar-refractivity contribution in [3.63, 3.8) is 0 Å². The van der Waals surface area contributed by atoms with Crippen LogP contribution in [-0.2, 0) is 11.2 Å². The normalized spacial score (nSPS) is 14.6. The van der Waals surface area contributed by atoms with E-state index in [2.05, 4.69) is 0 Å². The van der Waals surface area contributed by atoms with Gasteiger partial charge in [-0.2, -0.15) is 0 Å². The highest BCUT2D eigenvalue weighted by molar-refractivity contribution is 5.68. The minimum atomic E-state index is -1.30. The van der Waals surface area contributed by atoms with Crippen LogP contribution in [0.15, 0.2) is 24.3 Å². The number of hydrogen-bond acceptors (Lipinski definition) is 2. The quantitative estimate of drug-likeness (QED) is 0.796. The van der Waals surface area contributed by atoms with Crippen molar-refractivity contribution in [1.29, 1.82) is 0 Å². The average Bonchev–Trinajstić information content (AvgIpc) is 2.06. The average molecular weight is 212 g/mol. The molecule has 1 aromatic carbocycles. The Morgan fingerprint density at radius 1 is 1.40 bits per heavy atom. The van der Waals surface area contributed by atoms with E-state index in [4.69, 9.17) is 5.11 Å². The molecule has 0 spiro atoms. The summed E-state index contributed by atoms with van der Waals surface area (Å²) >= 11 is 0. The maximum absolute atomic E-state index is 12.6. The lowest BCUT2D eigenvalue weighted by Crippen LogP contribution is -2.30. The van der Waals surface area contributed by atoms with Gasteiger partial charge in [-0.15, -0.1) is 0 Å². The first kappa shape index (κ1) is 11.7. The molecule has 0 aliphatic rings. The first-order valence-corrected chi connectivity index (χ1v) is 4.58. The van der Waals surface area contributed by atoms with Crippen LogP contribution in [-0.4, -0.2) is 21.8 Å². The Kier molecular flexibility index (Phi) is 3.42. The second kappa shape index (κ2) is 4.40. The minimum absolute atomic E-state index is 0.194. The second-order valence-corrected chi connectivity index (χ2v) is 3.87. The minimum Gasteiger partial charge on any atom is -0.481 e. The molecule has 15 heavy (non-hydrogen) atoms. The molecule has 1 rings (SSSR count). The molecule has 0 amide bonds. The second-order valence-electron chi connectivity index (χ2n) is 3.87. The zero-order chi connectivity index (χ0) is 11.5. The van der Waals surface area contributed by atoms with Gasteiger partial charge < -0.3 is 10.2 Å². The van der Waals surface area contributed by atoms with Crippen molar-refractivity contribution in [2.75, 3.05) is 0 Å². The van der Waals surface area contributed by atoms with Crippen molar-refractivity contribution in [1.82, 2.24) is 0 Å². The van der Waals surface area contributed by atoms with Crippen LogP contribution in [0.4, 0.5) is 4.39 Å². The predicted octanol–water partition coefficient (Wildman–Crippen LogP) is 1.59. The summed E-state index contributed by atoms with van der Waals surface area (Å²) in [4.78, 5) is 10.4. The van der Waals surface area contributed by atoms with Crippen LogP contribution in [0.1, 0.15) is 18.9 Å². The molecule has 1 atom stereocenters. The van der Waals surface area contributed by atoms with Gasteiger partial charge in [0.15, 0.2) is 0 Å². The molecular weight excluding hydrogens is 199 g/mol. The largest absolute Gasteiger partial charge is 0.481 e. The highest BCUT2D eigenvalue weighted by Gasteiger charge is 2.24. The van der Waals surface area contributed by atoms with E-state index in [-0.39, 0.29) is 18.7 Å². The van der Waals surface area contributed by atoms with Crippen molar-refractivity contribution in [2.24, 2.45) is 0 Å². The van der Waals surface area contributed by atoms with Gasteiger partial charge in [-0.3, -0.25) is 4.79 Å². The number of carboxylic acids is 1. The van der Waals surface area contributed by atoms with Crippen molar-refractivity contribution in [3.8, 4) is 0 Å². The van der Waals surface area contributed by atoms with Gasteiger partial charge in [0.1, 0.15) is 5.82 Å². The molecule has 0 aliphatic heterocycles. The number of hydrogen-bond donors (Lipinski definition) is 2. The first-order chi connectivity index (χ1) is 6.89. The molecule has 3 nitrogen and oxygen atoms in total. The Bertz CT molecular complexity index is 343. The van der Waals surface area contributed by atoms with E-state index in [1.165, 1.54) is 31.2 Å². The standard InChI is InChI=1S/C11H13FO3/c1-11(15,7-10(13)14)6-8-2-4-9(12)5-3-8/h2-5,15H,6-7H2,1H3,(H,13,14). The van der Waals surface area contributed by atoms with Gasteiger partial charge in [-0.1, -0.05) is 12.1 Å². The monoisotopic (exact) mass is 212 g/mol. The lowest BCUT2D eigenvalue weighted by molar-refractivity contribution is -0.141. The number of carboxylic acid groups (broad SMARTS) is 1. The van der Waals surface area contributed by atoms with Crippen LogP contribution in [0.25, 0.3) is 0 Å². The zero-order valence-corrected chi connectivity index (χ0v) is 8.40. The van der Waals surface area contributed by atoms with Gasteiger partial charge in [0, 0.05) is 6.42 Å². The van der Waals surface area contributed by atoms with E-state index < -0.39 is 11.6 Å². The van der Waals surface area contributed by atoms with E-state index in [9.17, 15) is 14.3 Å². The molecule has 2 N–H and O–H groups in total. The third-order valence-corrected chi connectivity index (χ3v) is 2.03. The fourth-order valence-electron chi connectivity index (χ4n) is 1.43. The Balaban J connectivity index is 2.68. The van der Waals surface area contributed by atoms with Gasteiger partial charge in [0.2, 0.25) is 0 Å². The van der Waals surface area contributed by atoms with E-state index >= 15 is 0 Å². The summed E-state index contributed by atoms with van der Waals surface area (Å²) in [6.45, 7) is 1.45. The molecule has 0 aromatic heterocycles. The molecule has 0 fully saturated rings. The predicted molar refractivity (Wildman–Crippen MR) is 53.0 cm³/mol. The molecule has 0 radical (unpaired) electrons. The number of carbonyl (C=O) groups is 1. The first-order valence-electron chi connectivity index (χ1n) is 4.58. The van der Waals surface area contributed by atoms with Crippen molar-refractivity contribution in [3.05, 3.63) is 35.6 Å². The number of aliphatic carboxylic acids is 1. The number of benzene rings is 1. The van der Waals surface area contributed by atoms with Crippen LogP contribution < -0.4 is 0 Å². The molecule has 0 aliphatic carbocycles. The van der Waals surface area contributed by atoms with Crippen molar-refractivity contribution in [2.45, 2.75) is 25.4 Å². The topological polar surface area (TPSA) is 57.5 Å².